The van der Waals surface area contributed by atoms with E-state index in [2.05, 4.69) is 0 Å². The van der Waals surface area contributed by atoms with Crippen LogP contribution in [-0.4, -0.2) is 22.9 Å². The van der Waals surface area contributed by atoms with Gasteiger partial charge in [-0.25, -0.2) is 0 Å². The van der Waals surface area contributed by atoms with Crippen molar-refractivity contribution in [1.29, 1.82) is 15.8 Å². The van der Waals surface area contributed by atoms with Crippen molar-refractivity contribution in [3.63, 3.8) is 0 Å². The van der Waals surface area contributed by atoms with Crippen molar-refractivity contribution in [2.75, 3.05) is 0 Å². The van der Waals surface area contributed by atoms with Crippen LogP contribution in [0.5, 0.6) is 0 Å². The van der Waals surface area contributed by atoms with E-state index in [0.29, 0.717) is 19.3 Å². The zero-order valence-electron chi connectivity index (χ0n) is 11.7. The van der Waals surface area contributed by atoms with Gasteiger partial charge in [-0.05, 0) is 19.8 Å². The van der Waals surface area contributed by atoms with Crippen LogP contribution in [0, 0.1) is 50.7 Å². The maximum absolute atomic E-state index is 12.1. The molecule has 1 saturated heterocycles. The number of ether oxygens (including phenoxy) is 1. The highest BCUT2D eigenvalue weighted by Crippen LogP contribution is 2.59. The van der Waals surface area contributed by atoms with E-state index in [1.54, 1.807) is 18.2 Å². The number of hydrogen-bond acceptors (Lipinski definition) is 6. The summed E-state index contributed by atoms with van der Waals surface area (Å²) in [5, 5.41) is 39.4. The topological polar surface area (TPSA) is 144 Å². The summed E-state index contributed by atoms with van der Waals surface area (Å²) >= 11 is 0. The van der Waals surface area contributed by atoms with Crippen LogP contribution in [0.4, 0.5) is 0 Å². The minimum atomic E-state index is -2.09. The van der Waals surface area contributed by atoms with Crippen LogP contribution >= 0.6 is 0 Å². The van der Waals surface area contributed by atoms with Crippen LogP contribution in [0.2, 0.25) is 0 Å². The van der Waals surface area contributed by atoms with E-state index in [-0.39, 0.29) is 6.42 Å². The normalized spacial score (nSPS) is 40.9. The van der Waals surface area contributed by atoms with Crippen molar-refractivity contribution in [3.05, 3.63) is 0 Å². The van der Waals surface area contributed by atoms with Gasteiger partial charge in [0.05, 0.1) is 24.3 Å². The molecule has 0 spiro atoms. The number of nitrogens with two attached hydrogens (primary N) is 1. The molecule has 7 nitrogen and oxygen atoms in total. The predicted molar refractivity (Wildman–Crippen MR) is 68.4 cm³/mol. The minimum Gasteiger partial charge on any atom is -0.368 e. The molecule has 0 aromatic rings. The Kier molecular flexibility index (Phi) is 3.41. The molecule has 1 saturated carbocycles. The summed E-state index contributed by atoms with van der Waals surface area (Å²) in [6, 6.07) is 5.34. The third kappa shape index (κ3) is 1.61. The standard InChI is InChI=1S/C14H16N4O3/c1-9-12(6-15,7-16)13(8-17,11(18)19)10-4-2-3-5-14(10,20)21-9/h9-10,20H,2-5H2,1H3,(H2,18,19)/t9-,10+,13+,14+/m1/s1. The number of carbonyl (C=O) groups is 1. The number of rotatable bonds is 1. The first kappa shape index (κ1) is 15.3. The van der Waals surface area contributed by atoms with Crippen molar-refractivity contribution in [3.8, 4) is 18.2 Å². The third-order valence-corrected chi connectivity index (χ3v) is 4.88. The molecule has 7 heteroatoms. The number of carbonyl (C=O) groups excluding carboxylic acids is 1. The van der Waals surface area contributed by atoms with E-state index in [9.17, 15) is 25.7 Å². The van der Waals surface area contributed by atoms with Crippen molar-refractivity contribution in [2.45, 2.75) is 44.5 Å². The van der Waals surface area contributed by atoms with E-state index >= 15 is 0 Å². The van der Waals surface area contributed by atoms with Crippen LogP contribution < -0.4 is 5.73 Å². The van der Waals surface area contributed by atoms with E-state index in [0.717, 1.165) is 0 Å². The van der Waals surface area contributed by atoms with Gasteiger partial charge in [0.15, 0.2) is 16.6 Å². The van der Waals surface area contributed by atoms with E-state index in [4.69, 9.17) is 10.5 Å². The molecule has 2 rings (SSSR count). The maximum Gasteiger partial charge on any atom is 0.241 e. The van der Waals surface area contributed by atoms with Gasteiger partial charge in [-0.15, -0.1) is 0 Å². The Hall–Kier alpha value is -2.14. The lowest BCUT2D eigenvalue weighted by Crippen LogP contribution is -2.70. The highest BCUT2D eigenvalue weighted by molar-refractivity contribution is 5.87. The number of hydrogen-bond donors (Lipinski definition) is 2. The molecular weight excluding hydrogens is 272 g/mol. The number of amides is 1. The smallest absolute Gasteiger partial charge is 0.241 e. The second kappa shape index (κ2) is 4.70. The van der Waals surface area contributed by atoms with Crippen LogP contribution in [-0.2, 0) is 9.53 Å². The second-order valence-electron chi connectivity index (χ2n) is 5.72. The molecule has 1 heterocycles. The molecule has 1 aliphatic heterocycles. The van der Waals surface area contributed by atoms with Gasteiger partial charge in [-0.3, -0.25) is 4.79 Å². The van der Waals surface area contributed by atoms with E-state index in [1.807, 2.05) is 0 Å². The molecule has 2 fully saturated rings. The highest BCUT2D eigenvalue weighted by Gasteiger charge is 2.73. The largest absolute Gasteiger partial charge is 0.368 e. The molecule has 0 unspecified atom stereocenters. The molecule has 0 aromatic heterocycles. The molecule has 4 atom stereocenters. The molecule has 1 aliphatic carbocycles. The summed E-state index contributed by atoms with van der Waals surface area (Å²) in [5.41, 5.74) is 1.30. The van der Waals surface area contributed by atoms with Crippen molar-refractivity contribution in [1.82, 2.24) is 0 Å². The lowest BCUT2D eigenvalue weighted by Gasteiger charge is -2.56. The van der Waals surface area contributed by atoms with Gasteiger partial charge in [-0.2, -0.15) is 15.8 Å². The lowest BCUT2D eigenvalue weighted by molar-refractivity contribution is -0.332. The van der Waals surface area contributed by atoms with Crippen molar-refractivity contribution < 1.29 is 14.6 Å². The van der Waals surface area contributed by atoms with Crippen LogP contribution in [0.1, 0.15) is 32.6 Å². The molecule has 21 heavy (non-hydrogen) atoms. The summed E-state index contributed by atoms with van der Waals surface area (Å²) in [7, 11) is 0. The Morgan fingerprint density at radius 2 is 1.90 bits per heavy atom. The first-order chi connectivity index (χ1) is 9.84. The van der Waals surface area contributed by atoms with Crippen molar-refractivity contribution in [2.24, 2.45) is 22.5 Å². The van der Waals surface area contributed by atoms with E-state index < -0.39 is 34.5 Å². The zero-order valence-corrected chi connectivity index (χ0v) is 11.7. The van der Waals surface area contributed by atoms with Gasteiger partial charge in [0.25, 0.3) is 0 Å². The van der Waals surface area contributed by atoms with Crippen LogP contribution in [0.25, 0.3) is 0 Å². The number of aliphatic hydroxyl groups is 1. The SMILES string of the molecule is C[C@H]1O[C@@]2(O)CCCC[C@H]2[C@@](C#N)(C(N)=O)C1(C#N)C#N. The number of primary amides is 1. The first-order valence-corrected chi connectivity index (χ1v) is 6.78. The van der Waals surface area contributed by atoms with Gasteiger partial charge in [-0.1, -0.05) is 6.42 Å². The molecule has 1 amide bonds. The lowest BCUT2D eigenvalue weighted by atomic mass is 9.50. The zero-order chi connectivity index (χ0) is 15.9. The molecule has 110 valence electrons. The molecule has 2 aliphatic rings. The van der Waals surface area contributed by atoms with Gasteiger partial charge >= 0.3 is 0 Å². The molecule has 3 N–H and O–H groups in total. The average molecular weight is 288 g/mol. The van der Waals surface area contributed by atoms with Crippen LogP contribution in [0.15, 0.2) is 0 Å². The molecular formula is C14H16N4O3. The Balaban J connectivity index is 2.77. The Labute approximate surface area is 122 Å². The Morgan fingerprint density at radius 1 is 1.29 bits per heavy atom. The van der Waals surface area contributed by atoms with Gasteiger partial charge in [0, 0.05) is 12.3 Å². The number of fused-ring (bicyclic) bond motifs is 1. The summed E-state index contributed by atoms with van der Waals surface area (Å²) in [6.45, 7) is 1.41. The fourth-order valence-electron chi connectivity index (χ4n) is 3.78. The monoisotopic (exact) mass is 288 g/mol. The van der Waals surface area contributed by atoms with Gasteiger partial charge < -0.3 is 15.6 Å². The number of nitriles is 3. The first-order valence-electron chi connectivity index (χ1n) is 6.78. The van der Waals surface area contributed by atoms with Gasteiger partial charge in [0.2, 0.25) is 5.91 Å². The van der Waals surface area contributed by atoms with Crippen LogP contribution in [0.3, 0.4) is 0 Å². The second-order valence-corrected chi connectivity index (χ2v) is 5.72. The average Bonchev–Trinajstić information content (AvgIpc) is 2.45. The predicted octanol–water partition coefficient (Wildman–Crippen LogP) is 0.313. The van der Waals surface area contributed by atoms with E-state index in [1.165, 1.54) is 6.92 Å². The summed E-state index contributed by atoms with van der Waals surface area (Å²) in [6.07, 6.45) is 0.760. The minimum absolute atomic E-state index is 0.242. The summed E-state index contributed by atoms with van der Waals surface area (Å²) in [4.78, 5) is 12.1. The molecule has 0 aromatic carbocycles. The highest BCUT2D eigenvalue weighted by atomic mass is 16.6. The Bertz CT molecular complexity index is 585. The molecule has 0 bridgehead atoms. The summed E-state index contributed by atoms with van der Waals surface area (Å²) in [5.74, 6) is -3.76. The van der Waals surface area contributed by atoms with Gasteiger partial charge in [0.1, 0.15) is 0 Å². The Morgan fingerprint density at radius 3 is 2.38 bits per heavy atom. The fourth-order valence-corrected chi connectivity index (χ4v) is 3.78. The number of nitrogens with zero attached hydrogens (tertiary/aromatic N) is 3. The quantitative estimate of drug-likeness (QED) is 0.710. The fraction of sp³-hybridized carbons (Fsp3) is 0.714. The molecule has 0 radical (unpaired) electrons. The third-order valence-electron chi connectivity index (χ3n) is 4.88. The van der Waals surface area contributed by atoms with Crippen molar-refractivity contribution >= 4 is 5.91 Å². The summed E-state index contributed by atoms with van der Waals surface area (Å²) < 4.78 is 5.53. The maximum atomic E-state index is 12.1.